The van der Waals surface area contributed by atoms with E-state index in [9.17, 15) is 0 Å². The zero-order valence-electron chi connectivity index (χ0n) is 7.85. The van der Waals surface area contributed by atoms with Crippen LogP contribution in [0.3, 0.4) is 0 Å². The van der Waals surface area contributed by atoms with Gasteiger partial charge in [-0.3, -0.25) is 0 Å². The SMILES string of the molecule is C#CCCC/C=C\[Si](C)(C)C. The monoisotopic (exact) mass is 166 g/mol. The fourth-order valence-electron chi connectivity index (χ4n) is 0.759. The highest BCUT2D eigenvalue weighted by atomic mass is 28.3. The Morgan fingerprint density at radius 3 is 2.45 bits per heavy atom. The van der Waals surface area contributed by atoms with Crippen LogP contribution in [0.15, 0.2) is 11.8 Å². The quantitative estimate of drug-likeness (QED) is 0.342. The van der Waals surface area contributed by atoms with E-state index in [4.69, 9.17) is 6.42 Å². The predicted octanol–water partition coefficient (Wildman–Crippen LogP) is 3.22. The molecule has 62 valence electrons. The first-order chi connectivity index (χ1) is 5.06. The van der Waals surface area contributed by atoms with Crippen molar-refractivity contribution in [3.63, 3.8) is 0 Å². The van der Waals surface area contributed by atoms with Crippen LogP contribution in [0.2, 0.25) is 19.6 Å². The summed E-state index contributed by atoms with van der Waals surface area (Å²) in [6, 6.07) is 0. The lowest BCUT2D eigenvalue weighted by molar-refractivity contribution is 0.886. The van der Waals surface area contributed by atoms with E-state index in [1.165, 1.54) is 0 Å². The van der Waals surface area contributed by atoms with Crippen LogP contribution >= 0.6 is 0 Å². The minimum atomic E-state index is -0.950. The Bertz CT molecular complexity index is 155. The van der Waals surface area contributed by atoms with Crippen LogP contribution in [-0.4, -0.2) is 8.07 Å². The second kappa shape index (κ2) is 5.20. The number of allylic oxidation sites excluding steroid dienone is 1. The topological polar surface area (TPSA) is 0 Å². The highest BCUT2D eigenvalue weighted by Gasteiger charge is 2.05. The van der Waals surface area contributed by atoms with Crippen molar-refractivity contribution in [2.75, 3.05) is 0 Å². The fourth-order valence-corrected chi connectivity index (χ4v) is 1.63. The summed E-state index contributed by atoms with van der Waals surface area (Å²) in [5.74, 6) is 2.64. The van der Waals surface area contributed by atoms with E-state index in [1.807, 2.05) is 0 Å². The van der Waals surface area contributed by atoms with Crippen molar-refractivity contribution >= 4 is 8.07 Å². The largest absolute Gasteiger partial charge is 0.120 e. The molecule has 0 saturated heterocycles. The molecule has 0 aromatic heterocycles. The fraction of sp³-hybridized carbons (Fsp3) is 0.600. The molecule has 0 aliphatic rings. The van der Waals surface area contributed by atoms with Crippen LogP contribution in [0.25, 0.3) is 0 Å². The molecule has 0 spiro atoms. The van der Waals surface area contributed by atoms with Gasteiger partial charge in [0.15, 0.2) is 0 Å². The van der Waals surface area contributed by atoms with Gasteiger partial charge in [0.05, 0.1) is 8.07 Å². The van der Waals surface area contributed by atoms with E-state index in [2.05, 4.69) is 37.3 Å². The Kier molecular flexibility index (Phi) is 4.98. The molecular formula is C10H18Si. The molecule has 0 radical (unpaired) electrons. The van der Waals surface area contributed by atoms with E-state index in [0.717, 1.165) is 19.3 Å². The molecule has 0 aromatic carbocycles. The summed E-state index contributed by atoms with van der Waals surface area (Å²) in [7, 11) is -0.950. The molecule has 0 heterocycles. The van der Waals surface area contributed by atoms with Crippen molar-refractivity contribution < 1.29 is 0 Å². The lowest BCUT2D eigenvalue weighted by atomic mass is 10.2. The average molecular weight is 166 g/mol. The van der Waals surface area contributed by atoms with E-state index < -0.39 is 8.07 Å². The summed E-state index contributed by atoms with van der Waals surface area (Å²) in [6.07, 6.45) is 10.6. The van der Waals surface area contributed by atoms with Crippen molar-refractivity contribution in [2.45, 2.75) is 38.9 Å². The van der Waals surface area contributed by atoms with Crippen molar-refractivity contribution in [1.82, 2.24) is 0 Å². The Labute approximate surface area is 71.7 Å². The first-order valence-electron chi connectivity index (χ1n) is 4.17. The molecule has 0 aliphatic carbocycles. The van der Waals surface area contributed by atoms with Gasteiger partial charge >= 0.3 is 0 Å². The first kappa shape index (κ1) is 10.5. The lowest BCUT2D eigenvalue weighted by Crippen LogP contribution is -2.15. The summed E-state index contributed by atoms with van der Waals surface area (Å²) < 4.78 is 0. The summed E-state index contributed by atoms with van der Waals surface area (Å²) >= 11 is 0. The van der Waals surface area contributed by atoms with Gasteiger partial charge in [0.2, 0.25) is 0 Å². The maximum Gasteiger partial charge on any atom is 0.0682 e. The Morgan fingerprint density at radius 2 is 2.00 bits per heavy atom. The number of hydrogen-bond donors (Lipinski definition) is 0. The van der Waals surface area contributed by atoms with Crippen LogP contribution < -0.4 is 0 Å². The first-order valence-corrected chi connectivity index (χ1v) is 7.75. The van der Waals surface area contributed by atoms with Crippen LogP contribution in [-0.2, 0) is 0 Å². The molecule has 0 amide bonds. The van der Waals surface area contributed by atoms with E-state index in [1.54, 1.807) is 0 Å². The molecule has 0 atom stereocenters. The molecule has 0 aromatic rings. The van der Waals surface area contributed by atoms with Crippen LogP contribution in [0, 0.1) is 12.3 Å². The molecule has 0 fully saturated rings. The zero-order valence-corrected chi connectivity index (χ0v) is 8.85. The molecule has 0 nitrogen and oxygen atoms in total. The lowest BCUT2D eigenvalue weighted by Gasteiger charge is -2.07. The van der Waals surface area contributed by atoms with Gasteiger partial charge in [-0.2, -0.15) is 0 Å². The minimum Gasteiger partial charge on any atom is -0.120 e. The highest BCUT2D eigenvalue weighted by molar-refractivity contribution is 6.80. The third-order valence-electron chi connectivity index (χ3n) is 1.31. The number of hydrogen-bond acceptors (Lipinski definition) is 0. The molecular weight excluding hydrogens is 148 g/mol. The minimum absolute atomic E-state index is 0.913. The van der Waals surface area contributed by atoms with Gasteiger partial charge in [0, 0.05) is 6.42 Å². The second-order valence-corrected chi connectivity index (χ2v) is 8.93. The maximum absolute atomic E-state index is 5.13. The smallest absolute Gasteiger partial charge is 0.0682 e. The summed E-state index contributed by atoms with van der Waals surface area (Å²) in [5, 5.41) is 0. The van der Waals surface area contributed by atoms with Gasteiger partial charge in [0.25, 0.3) is 0 Å². The molecule has 0 N–H and O–H groups in total. The highest BCUT2D eigenvalue weighted by Crippen LogP contribution is 2.04. The third-order valence-corrected chi connectivity index (χ3v) is 2.55. The van der Waals surface area contributed by atoms with E-state index >= 15 is 0 Å². The van der Waals surface area contributed by atoms with Crippen LogP contribution in [0.4, 0.5) is 0 Å². The van der Waals surface area contributed by atoms with Gasteiger partial charge < -0.3 is 0 Å². The van der Waals surface area contributed by atoms with Crippen LogP contribution in [0.5, 0.6) is 0 Å². The molecule has 0 saturated carbocycles. The molecule has 1 heteroatoms. The second-order valence-electron chi connectivity index (χ2n) is 3.86. The summed E-state index contributed by atoms with van der Waals surface area (Å²) in [6.45, 7) is 7.01. The van der Waals surface area contributed by atoms with Gasteiger partial charge in [0.1, 0.15) is 0 Å². The van der Waals surface area contributed by atoms with Gasteiger partial charge in [-0.15, -0.1) is 12.3 Å². The number of rotatable bonds is 4. The van der Waals surface area contributed by atoms with Crippen molar-refractivity contribution in [3.05, 3.63) is 11.8 Å². The summed E-state index contributed by atoms with van der Waals surface area (Å²) in [5.41, 5.74) is 2.38. The average Bonchev–Trinajstić information content (AvgIpc) is 1.85. The third kappa shape index (κ3) is 9.52. The summed E-state index contributed by atoms with van der Waals surface area (Å²) in [4.78, 5) is 0. The van der Waals surface area contributed by atoms with Crippen molar-refractivity contribution in [3.8, 4) is 12.3 Å². The van der Waals surface area contributed by atoms with Gasteiger partial charge in [-0.25, -0.2) is 0 Å². The Morgan fingerprint density at radius 1 is 1.36 bits per heavy atom. The molecule has 11 heavy (non-hydrogen) atoms. The predicted molar refractivity (Wildman–Crippen MR) is 55.2 cm³/mol. The molecule has 0 aliphatic heterocycles. The maximum atomic E-state index is 5.13. The Balaban J connectivity index is 3.40. The normalized spacial score (nSPS) is 11.8. The van der Waals surface area contributed by atoms with E-state index in [0.29, 0.717) is 0 Å². The molecule has 0 bridgehead atoms. The number of unbranched alkanes of at least 4 members (excludes halogenated alkanes) is 2. The van der Waals surface area contributed by atoms with Crippen molar-refractivity contribution in [1.29, 1.82) is 0 Å². The van der Waals surface area contributed by atoms with Crippen LogP contribution in [0.1, 0.15) is 19.3 Å². The molecule has 0 rings (SSSR count). The van der Waals surface area contributed by atoms with Gasteiger partial charge in [-0.05, 0) is 12.8 Å². The zero-order chi connectivity index (χ0) is 8.74. The van der Waals surface area contributed by atoms with E-state index in [-0.39, 0.29) is 0 Å². The van der Waals surface area contributed by atoms with Gasteiger partial charge in [-0.1, -0.05) is 31.4 Å². The molecule has 0 unspecified atom stereocenters. The standard InChI is InChI=1S/C10H18Si/c1-5-6-7-8-9-10-11(2,3)4/h1,9-10H,6-8H2,2-4H3/b10-9-. The van der Waals surface area contributed by atoms with Crippen molar-refractivity contribution in [2.24, 2.45) is 0 Å². The number of terminal acetylenes is 1. The Hall–Kier alpha value is -0.483.